The van der Waals surface area contributed by atoms with E-state index in [1.807, 2.05) is 29.6 Å². The number of carbonyl (C=O) groups excluding carboxylic acids is 1. The predicted molar refractivity (Wildman–Crippen MR) is 80.3 cm³/mol. The summed E-state index contributed by atoms with van der Waals surface area (Å²) in [4.78, 5) is 22.2. The molecule has 1 unspecified atom stereocenters. The van der Waals surface area contributed by atoms with Crippen LogP contribution in [0.5, 0.6) is 0 Å². The summed E-state index contributed by atoms with van der Waals surface area (Å²) < 4.78 is 1.17. The summed E-state index contributed by atoms with van der Waals surface area (Å²) in [6.07, 6.45) is 0.0428. The lowest BCUT2D eigenvalue weighted by Crippen LogP contribution is -2.32. The summed E-state index contributed by atoms with van der Waals surface area (Å²) in [5, 5.41) is 17.1. The van der Waals surface area contributed by atoms with Crippen molar-refractivity contribution in [3.8, 4) is 0 Å². The van der Waals surface area contributed by atoms with E-state index >= 15 is 0 Å². The molecular formula is C14H16N2O3S. The van der Waals surface area contributed by atoms with Crippen molar-refractivity contribution in [2.75, 3.05) is 11.9 Å². The number of benzene rings is 1. The molecule has 1 heterocycles. The van der Waals surface area contributed by atoms with Crippen molar-refractivity contribution < 1.29 is 14.7 Å². The van der Waals surface area contributed by atoms with Gasteiger partial charge in [-0.05, 0) is 40.9 Å². The first-order valence-electron chi connectivity index (χ1n) is 6.28. The van der Waals surface area contributed by atoms with Crippen LogP contribution in [0.3, 0.4) is 0 Å². The van der Waals surface area contributed by atoms with Gasteiger partial charge in [-0.25, -0.2) is 4.79 Å². The van der Waals surface area contributed by atoms with E-state index in [2.05, 4.69) is 10.6 Å². The van der Waals surface area contributed by atoms with Crippen molar-refractivity contribution in [2.45, 2.75) is 13.3 Å². The molecule has 6 heteroatoms. The van der Waals surface area contributed by atoms with Crippen molar-refractivity contribution in [3.05, 3.63) is 29.6 Å². The molecule has 2 rings (SSSR count). The summed E-state index contributed by atoms with van der Waals surface area (Å²) in [6.45, 7) is 2.12. The average molecular weight is 292 g/mol. The Morgan fingerprint density at radius 1 is 1.35 bits per heavy atom. The van der Waals surface area contributed by atoms with Crippen molar-refractivity contribution in [3.63, 3.8) is 0 Å². The average Bonchev–Trinajstić information content (AvgIpc) is 2.83. The van der Waals surface area contributed by atoms with Gasteiger partial charge in [-0.1, -0.05) is 6.92 Å². The highest BCUT2D eigenvalue weighted by molar-refractivity contribution is 7.17. The zero-order valence-electron chi connectivity index (χ0n) is 11.1. The number of rotatable bonds is 5. The second-order valence-corrected chi connectivity index (χ2v) is 5.66. The standard InChI is InChI=1S/C14H16N2O3S/c1-9(6-13(17)18)8-15-14(19)16-11-2-3-12-10(7-11)4-5-20-12/h2-5,7,9H,6,8H2,1H3,(H,17,18)(H2,15,16,19). The lowest BCUT2D eigenvalue weighted by Gasteiger charge is -2.11. The van der Waals surface area contributed by atoms with E-state index in [1.165, 1.54) is 4.70 Å². The molecule has 0 aliphatic carbocycles. The molecule has 106 valence electrons. The van der Waals surface area contributed by atoms with Gasteiger partial charge in [0.2, 0.25) is 0 Å². The Morgan fingerprint density at radius 2 is 2.15 bits per heavy atom. The number of urea groups is 1. The van der Waals surface area contributed by atoms with Crippen LogP contribution in [0.1, 0.15) is 13.3 Å². The van der Waals surface area contributed by atoms with Gasteiger partial charge in [-0.3, -0.25) is 4.79 Å². The molecule has 0 spiro atoms. The Morgan fingerprint density at radius 3 is 2.90 bits per heavy atom. The third-order valence-electron chi connectivity index (χ3n) is 2.84. The van der Waals surface area contributed by atoms with Crippen molar-refractivity contribution in [1.82, 2.24) is 5.32 Å². The number of anilines is 1. The second kappa shape index (κ2) is 6.38. The Hall–Kier alpha value is -2.08. The third-order valence-corrected chi connectivity index (χ3v) is 3.74. The van der Waals surface area contributed by atoms with Crippen LogP contribution in [0, 0.1) is 5.92 Å². The van der Waals surface area contributed by atoms with Gasteiger partial charge in [0.15, 0.2) is 0 Å². The Balaban J connectivity index is 1.86. The number of aliphatic carboxylic acids is 1. The Labute approximate surface area is 120 Å². The van der Waals surface area contributed by atoms with Gasteiger partial charge in [-0.2, -0.15) is 0 Å². The topological polar surface area (TPSA) is 78.4 Å². The molecule has 0 saturated heterocycles. The number of nitrogens with one attached hydrogen (secondary N) is 2. The SMILES string of the molecule is CC(CNC(=O)Nc1ccc2sccc2c1)CC(=O)O. The molecule has 0 aliphatic rings. The highest BCUT2D eigenvalue weighted by atomic mass is 32.1. The zero-order chi connectivity index (χ0) is 14.5. The fraction of sp³-hybridized carbons (Fsp3) is 0.286. The molecule has 0 bridgehead atoms. The van der Waals surface area contributed by atoms with Crippen molar-refractivity contribution >= 4 is 39.1 Å². The van der Waals surface area contributed by atoms with Gasteiger partial charge in [0.1, 0.15) is 0 Å². The molecule has 5 nitrogen and oxygen atoms in total. The highest BCUT2D eigenvalue weighted by Crippen LogP contribution is 2.23. The molecule has 2 amide bonds. The molecule has 1 atom stereocenters. The number of carboxylic acid groups (broad SMARTS) is 1. The van der Waals surface area contributed by atoms with Crippen LogP contribution in [0.25, 0.3) is 10.1 Å². The van der Waals surface area contributed by atoms with E-state index in [4.69, 9.17) is 5.11 Å². The summed E-state index contributed by atoms with van der Waals surface area (Å²) in [5.41, 5.74) is 0.722. The van der Waals surface area contributed by atoms with Gasteiger partial charge < -0.3 is 15.7 Å². The molecule has 0 saturated carbocycles. The van der Waals surface area contributed by atoms with Crippen LogP contribution >= 0.6 is 11.3 Å². The zero-order valence-corrected chi connectivity index (χ0v) is 11.9. The van der Waals surface area contributed by atoms with E-state index in [1.54, 1.807) is 18.3 Å². The van der Waals surface area contributed by atoms with Crippen LogP contribution in [-0.4, -0.2) is 23.7 Å². The monoisotopic (exact) mass is 292 g/mol. The van der Waals surface area contributed by atoms with E-state index in [9.17, 15) is 9.59 Å². The second-order valence-electron chi connectivity index (χ2n) is 4.71. The van der Waals surface area contributed by atoms with Crippen molar-refractivity contribution in [1.29, 1.82) is 0 Å². The molecule has 1 aromatic heterocycles. The molecular weight excluding hydrogens is 276 g/mol. The maximum atomic E-state index is 11.7. The van der Waals surface area contributed by atoms with Crippen LogP contribution in [-0.2, 0) is 4.79 Å². The molecule has 20 heavy (non-hydrogen) atoms. The van der Waals surface area contributed by atoms with Crippen LogP contribution in [0.15, 0.2) is 29.6 Å². The number of carbonyl (C=O) groups is 2. The molecule has 2 aromatic rings. The lowest BCUT2D eigenvalue weighted by molar-refractivity contribution is -0.137. The van der Waals surface area contributed by atoms with Crippen LogP contribution in [0.4, 0.5) is 10.5 Å². The van der Waals surface area contributed by atoms with E-state index in [-0.39, 0.29) is 18.4 Å². The molecule has 3 N–H and O–H groups in total. The summed E-state index contributed by atoms with van der Waals surface area (Å²) in [7, 11) is 0. The quantitative estimate of drug-likeness (QED) is 0.792. The van der Waals surface area contributed by atoms with Gasteiger partial charge in [0, 0.05) is 23.4 Å². The summed E-state index contributed by atoms with van der Waals surface area (Å²) in [5.74, 6) is -0.958. The predicted octanol–water partition coefficient (Wildman–Crippen LogP) is 3.13. The minimum atomic E-state index is -0.859. The van der Waals surface area contributed by atoms with E-state index in [0.29, 0.717) is 6.54 Å². The van der Waals surface area contributed by atoms with Gasteiger partial charge >= 0.3 is 12.0 Å². The third kappa shape index (κ3) is 3.96. The largest absolute Gasteiger partial charge is 0.481 e. The highest BCUT2D eigenvalue weighted by Gasteiger charge is 2.09. The van der Waals surface area contributed by atoms with Gasteiger partial charge in [0.25, 0.3) is 0 Å². The maximum absolute atomic E-state index is 11.7. The number of fused-ring (bicyclic) bond motifs is 1. The van der Waals surface area contributed by atoms with Crippen LogP contribution in [0.2, 0.25) is 0 Å². The number of hydrogen-bond acceptors (Lipinski definition) is 3. The fourth-order valence-corrected chi connectivity index (χ4v) is 2.63. The molecule has 1 aromatic carbocycles. The maximum Gasteiger partial charge on any atom is 0.319 e. The number of hydrogen-bond donors (Lipinski definition) is 3. The molecule has 0 fully saturated rings. The first-order chi connectivity index (χ1) is 9.54. The van der Waals surface area contributed by atoms with Gasteiger partial charge in [0.05, 0.1) is 0 Å². The number of amides is 2. The first kappa shape index (κ1) is 14.3. The van der Waals surface area contributed by atoms with Gasteiger partial charge in [-0.15, -0.1) is 11.3 Å². The summed E-state index contributed by atoms with van der Waals surface area (Å²) in [6, 6.07) is 7.39. The molecule has 0 aliphatic heterocycles. The number of carboxylic acids is 1. The fourth-order valence-electron chi connectivity index (χ4n) is 1.86. The van der Waals surface area contributed by atoms with Crippen LogP contribution < -0.4 is 10.6 Å². The minimum Gasteiger partial charge on any atom is -0.481 e. The Bertz CT molecular complexity index is 624. The van der Waals surface area contributed by atoms with E-state index < -0.39 is 5.97 Å². The Kier molecular flexibility index (Phi) is 4.57. The summed E-state index contributed by atoms with van der Waals surface area (Å²) >= 11 is 1.65. The molecule has 0 radical (unpaired) electrons. The smallest absolute Gasteiger partial charge is 0.319 e. The minimum absolute atomic E-state index is 0.0428. The normalized spacial score (nSPS) is 12.1. The van der Waals surface area contributed by atoms with E-state index in [0.717, 1.165) is 11.1 Å². The number of thiophene rings is 1. The lowest BCUT2D eigenvalue weighted by atomic mass is 10.1. The van der Waals surface area contributed by atoms with Crippen molar-refractivity contribution in [2.24, 2.45) is 5.92 Å². The first-order valence-corrected chi connectivity index (χ1v) is 7.16.